The Morgan fingerprint density at radius 1 is 1.33 bits per heavy atom. The number of ketones is 1. The molecule has 0 aliphatic rings. The van der Waals surface area contributed by atoms with Crippen LogP contribution >= 0.6 is 15.9 Å². The minimum atomic E-state index is -0.465. The van der Waals surface area contributed by atoms with Crippen LogP contribution in [0.1, 0.15) is 27.7 Å². The van der Waals surface area contributed by atoms with Crippen molar-refractivity contribution in [3.05, 3.63) is 35.4 Å². The van der Waals surface area contributed by atoms with E-state index in [-0.39, 0.29) is 5.78 Å². The van der Waals surface area contributed by atoms with E-state index >= 15 is 0 Å². The zero-order chi connectivity index (χ0) is 11.4. The number of hydrogen-bond acceptors (Lipinski definition) is 3. The van der Waals surface area contributed by atoms with Crippen LogP contribution in [0.2, 0.25) is 0 Å². The molecule has 1 aromatic rings. The molecule has 1 aromatic carbocycles. The monoisotopic (exact) mass is 270 g/mol. The van der Waals surface area contributed by atoms with E-state index in [1.807, 2.05) is 0 Å². The fourth-order valence-electron chi connectivity index (χ4n) is 1.23. The van der Waals surface area contributed by atoms with Crippen molar-refractivity contribution in [3.63, 3.8) is 0 Å². The van der Waals surface area contributed by atoms with E-state index < -0.39 is 10.8 Å². The fraction of sp³-hybridized carbons (Fsp3) is 0.273. The molecule has 1 unspecified atom stereocenters. The second kappa shape index (κ2) is 5.07. The van der Waals surface area contributed by atoms with Crippen molar-refractivity contribution in [3.8, 4) is 0 Å². The largest absolute Gasteiger partial charge is 0.465 e. The van der Waals surface area contributed by atoms with Gasteiger partial charge in [0.15, 0.2) is 0 Å². The van der Waals surface area contributed by atoms with Gasteiger partial charge < -0.3 is 4.74 Å². The van der Waals surface area contributed by atoms with Crippen LogP contribution < -0.4 is 0 Å². The number of ether oxygens (including phenoxy) is 1. The molecule has 0 bridgehead atoms. The molecule has 0 fully saturated rings. The third kappa shape index (κ3) is 2.65. The number of esters is 1. The smallest absolute Gasteiger partial charge is 0.338 e. The Bertz CT molecular complexity index is 387. The number of carbonyl (C=O) groups is 2. The van der Waals surface area contributed by atoms with Gasteiger partial charge in [0.25, 0.3) is 0 Å². The molecule has 0 heterocycles. The van der Waals surface area contributed by atoms with Crippen LogP contribution in [0.15, 0.2) is 24.3 Å². The van der Waals surface area contributed by atoms with Crippen LogP contribution in [-0.2, 0) is 9.53 Å². The molecular weight excluding hydrogens is 260 g/mol. The van der Waals surface area contributed by atoms with Gasteiger partial charge in [0.2, 0.25) is 0 Å². The third-order valence-corrected chi connectivity index (χ3v) is 3.13. The van der Waals surface area contributed by atoms with E-state index in [0.717, 1.165) is 0 Å². The predicted octanol–water partition coefficient (Wildman–Crippen LogP) is 2.50. The molecule has 0 spiro atoms. The SMILES string of the molecule is COC(=O)c1ccccc1C(Br)C(C)=O. The maximum atomic E-state index is 11.4. The Hall–Kier alpha value is -1.16. The molecular formula is C11H11BrO3. The molecule has 0 saturated heterocycles. The highest BCUT2D eigenvalue weighted by atomic mass is 79.9. The Morgan fingerprint density at radius 2 is 1.93 bits per heavy atom. The minimum Gasteiger partial charge on any atom is -0.465 e. The van der Waals surface area contributed by atoms with E-state index in [1.165, 1.54) is 14.0 Å². The van der Waals surface area contributed by atoms with Crippen molar-refractivity contribution in [2.24, 2.45) is 0 Å². The second-order valence-electron chi connectivity index (χ2n) is 3.05. The first-order valence-corrected chi connectivity index (χ1v) is 5.31. The van der Waals surface area contributed by atoms with Gasteiger partial charge in [0.1, 0.15) is 5.78 Å². The van der Waals surface area contributed by atoms with Crippen LogP contribution in [0.5, 0.6) is 0 Å². The molecule has 80 valence electrons. The summed E-state index contributed by atoms with van der Waals surface area (Å²) in [4.78, 5) is 22.2. The Labute approximate surface area is 96.6 Å². The van der Waals surface area contributed by atoms with E-state index in [4.69, 9.17) is 0 Å². The van der Waals surface area contributed by atoms with Crippen LogP contribution in [-0.4, -0.2) is 18.9 Å². The van der Waals surface area contributed by atoms with Gasteiger partial charge in [0, 0.05) is 0 Å². The van der Waals surface area contributed by atoms with E-state index in [0.29, 0.717) is 11.1 Å². The molecule has 0 aliphatic carbocycles. The Balaban J connectivity index is 3.17. The van der Waals surface area contributed by atoms with Crippen molar-refractivity contribution in [1.82, 2.24) is 0 Å². The summed E-state index contributed by atoms with van der Waals surface area (Å²) >= 11 is 3.24. The molecule has 0 radical (unpaired) electrons. The summed E-state index contributed by atoms with van der Waals surface area (Å²) in [7, 11) is 1.32. The van der Waals surface area contributed by atoms with Crippen LogP contribution in [0.25, 0.3) is 0 Å². The number of hydrogen-bond donors (Lipinski definition) is 0. The van der Waals surface area contributed by atoms with Crippen molar-refractivity contribution in [1.29, 1.82) is 0 Å². The fourth-order valence-corrected chi connectivity index (χ4v) is 1.63. The summed E-state index contributed by atoms with van der Waals surface area (Å²) in [5.74, 6) is -0.484. The number of alkyl halides is 1. The van der Waals surface area contributed by atoms with Gasteiger partial charge >= 0.3 is 5.97 Å². The lowest BCUT2D eigenvalue weighted by atomic mass is 10.0. The number of methoxy groups -OCH3 is 1. The summed E-state index contributed by atoms with van der Waals surface area (Å²) in [5.41, 5.74) is 1.05. The number of Topliss-reactive ketones (excluding diaryl/α,β-unsaturated/α-hetero) is 1. The third-order valence-electron chi connectivity index (χ3n) is 2.00. The molecule has 0 amide bonds. The lowest BCUT2D eigenvalue weighted by Crippen LogP contribution is -2.10. The quantitative estimate of drug-likeness (QED) is 0.626. The molecule has 0 N–H and O–H groups in total. The molecule has 1 atom stereocenters. The zero-order valence-electron chi connectivity index (χ0n) is 8.49. The highest BCUT2D eigenvalue weighted by molar-refractivity contribution is 9.09. The van der Waals surface area contributed by atoms with Gasteiger partial charge in [-0.05, 0) is 18.6 Å². The van der Waals surface area contributed by atoms with Gasteiger partial charge in [-0.3, -0.25) is 4.79 Å². The molecule has 1 rings (SSSR count). The lowest BCUT2D eigenvalue weighted by Gasteiger charge is -2.10. The number of rotatable bonds is 3. The number of halogens is 1. The Morgan fingerprint density at radius 3 is 2.47 bits per heavy atom. The van der Waals surface area contributed by atoms with E-state index in [2.05, 4.69) is 20.7 Å². The summed E-state index contributed by atoms with van der Waals surface area (Å²) < 4.78 is 4.64. The highest BCUT2D eigenvalue weighted by Gasteiger charge is 2.19. The van der Waals surface area contributed by atoms with Gasteiger partial charge in [-0.1, -0.05) is 34.1 Å². The second-order valence-corrected chi connectivity index (χ2v) is 3.97. The zero-order valence-corrected chi connectivity index (χ0v) is 10.1. The predicted molar refractivity (Wildman–Crippen MR) is 60.1 cm³/mol. The molecule has 0 aromatic heterocycles. The summed E-state index contributed by atoms with van der Waals surface area (Å²) in [5, 5.41) is 0. The average Bonchev–Trinajstić information content (AvgIpc) is 2.27. The molecule has 3 nitrogen and oxygen atoms in total. The minimum absolute atomic E-state index is 0.0497. The van der Waals surface area contributed by atoms with Crippen molar-refractivity contribution in [2.75, 3.05) is 7.11 Å². The van der Waals surface area contributed by atoms with E-state index in [1.54, 1.807) is 24.3 Å². The maximum absolute atomic E-state index is 11.4. The van der Waals surface area contributed by atoms with Crippen molar-refractivity contribution >= 4 is 27.7 Å². The lowest BCUT2D eigenvalue weighted by molar-refractivity contribution is -0.116. The van der Waals surface area contributed by atoms with Crippen LogP contribution in [0, 0.1) is 0 Å². The van der Waals surface area contributed by atoms with E-state index in [9.17, 15) is 9.59 Å². The maximum Gasteiger partial charge on any atom is 0.338 e. The first-order valence-electron chi connectivity index (χ1n) is 4.39. The first kappa shape index (κ1) is 11.9. The molecule has 0 aliphatic heterocycles. The summed E-state index contributed by atoms with van der Waals surface area (Å²) in [6, 6.07) is 6.88. The summed E-state index contributed by atoms with van der Waals surface area (Å²) in [6.07, 6.45) is 0. The Kier molecular flexibility index (Phi) is 4.03. The van der Waals surface area contributed by atoms with Gasteiger partial charge in [-0.25, -0.2) is 4.79 Å². The molecule has 15 heavy (non-hydrogen) atoms. The molecule has 4 heteroatoms. The highest BCUT2D eigenvalue weighted by Crippen LogP contribution is 2.27. The number of carbonyl (C=O) groups excluding carboxylic acids is 2. The standard InChI is InChI=1S/C11H11BrO3/c1-7(13)10(12)8-5-3-4-6-9(8)11(14)15-2/h3-6,10H,1-2H3. The number of benzene rings is 1. The summed E-state index contributed by atoms with van der Waals surface area (Å²) in [6.45, 7) is 1.47. The first-order chi connectivity index (χ1) is 7.07. The average molecular weight is 271 g/mol. The van der Waals surface area contributed by atoms with Gasteiger partial charge in [0.05, 0.1) is 17.5 Å². The van der Waals surface area contributed by atoms with Crippen LogP contribution in [0.4, 0.5) is 0 Å². The van der Waals surface area contributed by atoms with Crippen molar-refractivity contribution in [2.45, 2.75) is 11.8 Å². The van der Waals surface area contributed by atoms with Crippen LogP contribution in [0.3, 0.4) is 0 Å². The molecule has 0 saturated carbocycles. The topological polar surface area (TPSA) is 43.4 Å². The van der Waals surface area contributed by atoms with Crippen molar-refractivity contribution < 1.29 is 14.3 Å². The normalized spacial score (nSPS) is 11.9. The van der Waals surface area contributed by atoms with Gasteiger partial charge in [-0.15, -0.1) is 0 Å². The van der Waals surface area contributed by atoms with Gasteiger partial charge in [-0.2, -0.15) is 0 Å².